The Bertz CT molecular complexity index is 77.0. The Morgan fingerprint density at radius 2 is 2.33 bits per heavy atom. The van der Waals surface area contributed by atoms with Crippen LogP contribution in [0.25, 0.3) is 0 Å². The van der Waals surface area contributed by atoms with Gasteiger partial charge in [-0.1, -0.05) is 0 Å². The highest BCUT2D eigenvalue weighted by Crippen LogP contribution is 2.13. The van der Waals surface area contributed by atoms with Gasteiger partial charge < -0.3 is 10.5 Å². The quantitative estimate of drug-likeness (QED) is 0.571. The Labute approximate surface area is 56.4 Å². The molecule has 0 bridgehead atoms. The average molecular weight is 129 g/mol. The topological polar surface area (TPSA) is 35.2 Å². The molecule has 2 atom stereocenters. The number of hydrogen-bond donors (Lipinski definition) is 1. The minimum Gasteiger partial charge on any atom is -0.377 e. The highest BCUT2D eigenvalue weighted by atomic mass is 16.5. The maximum atomic E-state index is 5.64. The van der Waals surface area contributed by atoms with Gasteiger partial charge in [0.2, 0.25) is 0 Å². The molecule has 1 saturated heterocycles. The van der Waals surface area contributed by atoms with Crippen LogP contribution in [0.2, 0.25) is 0 Å². The Hall–Kier alpha value is -0.0800. The Morgan fingerprint density at radius 3 is 2.67 bits per heavy atom. The SMILES string of the molecule is CC(N)C1CCCCO1. The summed E-state index contributed by atoms with van der Waals surface area (Å²) < 4.78 is 5.41. The standard InChI is InChI=1S/C7H15NO/c1-6(8)7-4-2-3-5-9-7/h6-7H,2-5,8H2,1H3. The lowest BCUT2D eigenvalue weighted by Gasteiger charge is -2.25. The third-order valence-electron chi connectivity index (χ3n) is 1.80. The van der Waals surface area contributed by atoms with Gasteiger partial charge in [0.15, 0.2) is 0 Å². The van der Waals surface area contributed by atoms with Crippen LogP contribution in [-0.2, 0) is 4.74 Å². The molecule has 2 nitrogen and oxygen atoms in total. The van der Waals surface area contributed by atoms with Crippen molar-refractivity contribution in [1.29, 1.82) is 0 Å². The molecule has 9 heavy (non-hydrogen) atoms. The van der Waals surface area contributed by atoms with Crippen LogP contribution in [-0.4, -0.2) is 18.8 Å². The van der Waals surface area contributed by atoms with Crippen molar-refractivity contribution in [3.63, 3.8) is 0 Å². The second kappa shape index (κ2) is 3.18. The molecular weight excluding hydrogens is 114 g/mol. The van der Waals surface area contributed by atoms with Crippen molar-refractivity contribution in [1.82, 2.24) is 0 Å². The van der Waals surface area contributed by atoms with E-state index in [0.29, 0.717) is 6.10 Å². The van der Waals surface area contributed by atoms with Crippen LogP contribution in [0.1, 0.15) is 26.2 Å². The van der Waals surface area contributed by atoms with E-state index in [2.05, 4.69) is 0 Å². The molecule has 54 valence electrons. The first kappa shape index (κ1) is 7.03. The molecule has 1 fully saturated rings. The number of nitrogens with two attached hydrogens (primary N) is 1. The summed E-state index contributed by atoms with van der Waals surface area (Å²) in [7, 11) is 0. The molecular formula is C7H15NO. The molecule has 0 aromatic heterocycles. The van der Waals surface area contributed by atoms with E-state index >= 15 is 0 Å². The Balaban J connectivity index is 2.23. The predicted molar refractivity (Wildman–Crippen MR) is 37.2 cm³/mol. The van der Waals surface area contributed by atoms with Gasteiger partial charge in [-0.3, -0.25) is 0 Å². The van der Waals surface area contributed by atoms with Crippen molar-refractivity contribution in [2.75, 3.05) is 6.61 Å². The summed E-state index contributed by atoms with van der Waals surface area (Å²) in [4.78, 5) is 0. The van der Waals surface area contributed by atoms with Crippen LogP contribution >= 0.6 is 0 Å². The molecule has 0 radical (unpaired) electrons. The fourth-order valence-electron chi connectivity index (χ4n) is 1.18. The van der Waals surface area contributed by atoms with E-state index in [0.717, 1.165) is 13.0 Å². The van der Waals surface area contributed by atoms with Gasteiger partial charge in [0.05, 0.1) is 6.10 Å². The monoisotopic (exact) mass is 129 g/mol. The predicted octanol–water partition coefficient (Wildman–Crippen LogP) is 0.903. The summed E-state index contributed by atoms with van der Waals surface area (Å²) in [5.74, 6) is 0. The Morgan fingerprint density at radius 1 is 1.56 bits per heavy atom. The van der Waals surface area contributed by atoms with Gasteiger partial charge in [0.25, 0.3) is 0 Å². The van der Waals surface area contributed by atoms with Gasteiger partial charge in [-0.2, -0.15) is 0 Å². The molecule has 0 aromatic rings. The molecule has 0 saturated carbocycles. The zero-order chi connectivity index (χ0) is 6.69. The van der Waals surface area contributed by atoms with E-state index in [9.17, 15) is 0 Å². The first-order chi connectivity index (χ1) is 4.30. The van der Waals surface area contributed by atoms with Gasteiger partial charge in [-0.05, 0) is 26.2 Å². The van der Waals surface area contributed by atoms with Gasteiger partial charge in [-0.25, -0.2) is 0 Å². The molecule has 0 spiro atoms. The van der Waals surface area contributed by atoms with E-state index < -0.39 is 0 Å². The minimum absolute atomic E-state index is 0.213. The molecule has 0 amide bonds. The molecule has 0 aliphatic carbocycles. The molecule has 1 aliphatic heterocycles. The largest absolute Gasteiger partial charge is 0.377 e. The Kier molecular flexibility index (Phi) is 2.49. The van der Waals surface area contributed by atoms with Crippen molar-refractivity contribution in [2.45, 2.75) is 38.3 Å². The fourth-order valence-corrected chi connectivity index (χ4v) is 1.18. The van der Waals surface area contributed by atoms with Gasteiger partial charge in [0, 0.05) is 12.6 Å². The number of ether oxygens (including phenoxy) is 1. The molecule has 2 heteroatoms. The van der Waals surface area contributed by atoms with E-state index in [1.807, 2.05) is 6.92 Å². The summed E-state index contributed by atoms with van der Waals surface area (Å²) in [6.45, 7) is 2.92. The second-order valence-corrected chi connectivity index (χ2v) is 2.76. The third-order valence-corrected chi connectivity index (χ3v) is 1.80. The molecule has 1 aliphatic rings. The van der Waals surface area contributed by atoms with Crippen LogP contribution < -0.4 is 5.73 Å². The van der Waals surface area contributed by atoms with Crippen LogP contribution in [0.4, 0.5) is 0 Å². The van der Waals surface area contributed by atoms with E-state index in [1.165, 1.54) is 12.8 Å². The van der Waals surface area contributed by atoms with E-state index in [1.54, 1.807) is 0 Å². The molecule has 0 aromatic carbocycles. The maximum Gasteiger partial charge on any atom is 0.0723 e. The van der Waals surface area contributed by atoms with Crippen molar-refractivity contribution >= 4 is 0 Å². The third kappa shape index (κ3) is 1.95. The molecule has 2 N–H and O–H groups in total. The first-order valence-electron chi connectivity index (χ1n) is 3.68. The van der Waals surface area contributed by atoms with Crippen molar-refractivity contribution in [3.05, 3.63) is 0 Å². The normalized spacial score (nSPS) is 32.0. The van der Waals surface area contributed by atoms with Crippen molar-refractivity contribution in [2.24, 2.45) is 5.73 Å². The van der Waals surface area contributed by atoms with E-state index in [4.69, 9.17) is 10.5 Å². The van der Waals surface area contributed by atoms with Crippen LogP contribution in [0.15, 0.2) is 0 Å². The lowest BCUT2D eigenvalue weighted by Crippen LogP contribution is -2.36. The highest BCUT2D eigenvalue weighted by Gasteiger charge is 2.16. The highest BCUT2D eigenvalue weighted by molar-refractivity contribution is 4.71. The first-order valence-corrected chi connectivity index (χ1v) is 3.68. The zero-order valence-corrected chi connectivity index (χ0v) is 5.97. The van der Waals surface area contributed by atoms with Crippen LogP contribution in [0, 0.1) is 0 Å². The van der Waals surface area contributed by atoms with Crippen molar-refractivity contribution < 1.29 is 4.74 Å². The number of hydrogen-bond acceptors (Lipinski definition) is 2. The zero-order valence-electron chi connectivity index (χ0n) is 5.97. The van der Waals surface area contributed by atoms with Crippen LogP contribution in [0.5, 0.6) is 0 Å². The number of rotatable bonds is 1. The van der Waals surface area contributed by atoms with Gasteiger partial charge >= 0.3 is 0 Å². The van der Waals surface area contributed by atoms with Gasteiger partial charge in [-0.15, -0.1) is 0 Å². The minimum atomic E-state index is 0.213. The van der Waals surface area contributed by atoms with Crippen LogP contribution in [0.3, 0.4) is 0 Å². The summed E-state index contributed by atoms with van der Waals surface area (Å²) in [6, 6.07) is 0.213. The lowest BCUT2D eigenvalue weighted by atomic mass is 10.0. The summed E-state index contributed by atoms with van der Waals surface area (Å²) in [5.41, 5.74) is 5.64. The van der Waals surface area contributed by atoms with Gasteiger partial charge in [0.1, 0.15) is 0 Å². The molecule has 1 rings (SSSR count). The van der Waals surface area contributed by atoms with Crippen molar-refractivity contribution in [3.8, 4) is 0 Å². The fraction of sp³-hybridized carbons (Fsp3) is 1.00. The molecule has 2 unspecified atom stereocenters. The summed E-state index contributed by atoms with van der Waals surface area (Å²) in [6.07, 6.45) is 3.98. The smallest absolute Gasteiger partial charge is 0.0723 e. The average Bonchev–Trinajstić information content (AvgIpc) is 1.90. The maximum absolute atomic E-state index is 5.64. The summed E-state index contributed by atoms with van der Waals surface area (Å²) in [5, 5.41) is 0. The second-order valence-electron chi connectivity index (χ2n) is 2.76. The van der Waals surface area contributed by atoms with E-state index in [-0.39, 0.29) is 6.04 Å². The lowest BCUT2D eigenvalue weighted by molar-refractivity contribution is 0.00403. The summed E-state index contributed by atoms with van der Waals surface area (Å²) >= 11 is 0. The molecule has 1 heterocycles.